The van der Waals surface area contributed by atoms with Crippen molar-refractivity contribution in [2.75, 3.05) is 25.5 Å². The molecular formula is C21H22ClFN2O4S. The topological polar surface area (TPSA) is 75.7 Å². The number of halogens is 2. The van der Waals surface area contributed by atoms with E-state index in [1.54, 1.807) is 11.8 Å². The van der Waals surface area contributed by atoms with Gasteiger partial charge >= 0.3 is 5.97 Å². The molecule has 1 aromatic carbocycles. The van der Waals surface area contributed by atoms with Crippen molar-refractivity contribution in [3.63, 3.8) is 0 Å². The largest absolute Gasteiger partial charge is 0.465 e. The number of carbonyl (C=O) groups is 3. The second-order valence-corrected chi connectivity index (χ2v) is 7.62. The van der Waals surface area contributed by atoms with E-state index in [-0.39, 0.29) is 27.1 Å². The van der Waals surface area contributed by atoms with Crippen LogP contribution in [0.4, 0.5) is 9.39 Å². The van der Waals surface area contributed by atoms with Crippen LogP contribution in [0.5, 0.6) is 0 Å². The molecule has 1 aromatic heterocycles. The Morgan fingerprint density at radius 3 is 2.50 bits per heavy atom. The van der Waals surface area contributed by atoms with Gasteiger partial charge in [0.2, 0.25) is 5.91 Å². The monoisotopic (exact) mass is 452 g/mol. The van der Waals surface area contributed by atoms with Gasteiger partial charge in [0.1, 0.15) is 10.8 Å². The predicted molar refractivity (Wildman–Crippen MR) is 117 cm³/mol. The lowest BCUT2D eigenvalue weighted by atomic mass is 10.1. The van der Waals surface area contributed by atoms with Gasteiger partial charge in [-0.05, 0) is 44.5 Å². The quantitative estimate of drug-likeness (QED) is 0.485. The van der Waals surface area contributed by atoms with Crippen molar-refractivity contribution in [2.24, 2.45) is 0 Å². The number of rotatable bonds is 7. The molecule has 6 nitrogen and oxygen atoms in total. The minimum atomic E-state index is -0.668. The van der Waals surface area contributed by atoms with Crippen LogP contribution in [0.15, 0.2) is 24.3 Å². The minimum absolute atomic E-state index is 0.0715. The number of ether oxygens (including phenoxy) is 1. The Morgan fingerprint density at radius 2 is 1.93 bits per heavy atom. The summed E-state index contributed by atoms with van der Waals surface area (Å²) in [6, 6.07) is 4.19. The number of nitrogens with one attached hydrogen (secondary N) is 1. The average Bonchev–Trinajstić information content (AvgIpc) is 3.03. The summed E-state index contributed by atoms with van der Waals surface area (Å²) in [6.07, 6.45) is 2.35. The highest BCUT2D eigenvalue weighted by Crippen LogP contribution is 2.34. The van der Waals surface area contributed by atoms with E-state index in [1.807, 2.05) is 13.8 Å². The highest BCUT2D eigenvalue weighted by atomic mass is 35.5. The molecule has 2 aromatic rings. The van der Waals surface area contributed by atoms with E-state index in [1.165, 1.54) is 31.4 Å². The Morgan fingerprint density at radius 1 is 1.27 bits per heavy atom. The molecule has 0 bridgehead atoms. The van der Waals surface area contributed by atoms with Crippen LogP contribution in [-0.4, -0.2) is 42.9 Å². The summed E-state index contributed by atoms with van der Waals surface area (Å²) in [6.45, 7) is 6.35. The Balaban J connectivity index is 2.37. The molecule has 0 spiro atoms. The highest BCUT2D eigenvalue weighted by molar-refractivity contribution is 7.18. The zero-order valence-corrected chi connectivity index (χ0v) is 18.6. The summed E-state index contributed by atoms with van der Waals surface area (Å²) in [5.74, 6) is -2.08. The Bertz CT molecular complexity index is 979. The van der Waals surface area contributed by atoms with Crippen LogP contribution in [0.3, 0.4) is 0 Å². The molecule has 0 atom stereocenters. The van der Waals surface area contributed by atoms with Crippen LogP contribution >= 0.6 is 22.9 Å². The Labute approximate surface area is 183 Å². The number of carbonyl (C=O) groups excluding carboxylic acids is 3. The summed E-state index contributed by atoms with van der Waals surface area (Å²) < 4.78 is 18.7. The van der Waals surface area contributed by atoms with Crippen LogP contribution in [-0.2, 0) is 9.53 Å². The average molecular weight is 453 g/mol. The van der Waals surface area contributed by atoms with Crippen molar-refractivity contribution in [3.05, 3.63) is 56.7 Å². The standard InChI is InChI=1S/C21H22ClFN2O4S/c1-5-25(6-2)20(27)18-12(3)17(21(28)29-4)19(30-18)24-16(26)11-10-13-14(22)8-7-9-15(13)23/h7-11H,5-6H2,1-4H3,(H,24,26). The van der Waals surface area contributed by atoms with Gasteiger partial charge in [0.05, 0.1) is 22.6 Å². The van der Waals surface area contributed by atoms with E-state index in [0.29, 0.717) is 23.5 Å². The number of hydrogen-bond acceptors (Lipinski definition) is 5. The van der Waals surface area contributed by atoms with Gasteiger partial charge in [-0.25, -0.2) is 9.18 Å². The molecular weight excluding hydrogens is 431 g/mol. The molecule has 2 amide bonds. The van der Waals surface area contributed by atoms with E-state index in [9.17, 15) is 18.8 Å². The summed E-state index contributed by atoms with van der Waals surface area (Å²) in [5, 5.41) is 2.93. The fraction of sp³-hybridized carbons (Fsp3) is 0.286. The van der Waals surface area contributed by atoms with Crippen LogP contribution in [0.2, 0.25) is 5.02 Å². The first-order valence-electron chi connectivity index (χ1n) is 9.19. The molecule has 1 heterocycles. The number of nitrogens with zero attached hydrogens (tertiary/aromatic N) is 1. The zero-order chi connectivity index (χ0) is 22.4. The maximum Gasteiger partial charge on any atom is 0.341 e. The van der Waals surface area contributed by atoms with Gasteiger partial charge in [0.15, 0.2) is 0 Å². The van der Waals surface area contributed by atoms with Crippen molar-refractivity contribution in [3.8, 4) is 0 Å². The molecule has 0 saturated carbocycles. The first-order chi connectivity index (χ1) is 14.2. The lowest BCUT2D eigenvalue weighted by Crippen LogP contribution is -2.30. The second kappa shape index (κ2) is 10.4. The van der Waals surface area contributed by atoms with Crippen LogP contribution in [0, 0.1) is 12.7 Å². The Kier molecular flexibility index (Phi) is 8.14. The number of anilines is 1. The fourth-order valence-electron chi connectivity index (χ4n) is 2.79. The summed E-state index contributed by atoms with van der Waals surface area (Å²) in [5.41, 5.74) is 0.617. The molecule has 0 fully saturated rings. The smallest absolute Gasteiger partial charge is 0.341 e. The summed E-state index contributed by atoms with van der Waals surface area (Å²) in [4.78, 5) is 39.4. The van der Waals surface area contributed by atoms with Crippen molar-refractivity contribution >= 4 is 51.8 Å². The second-order valence-electron chi connectivity index (χ2n) is 6.19. The number of amides is 2. The molecule has 0 saturated heterocycles. The number of benzene rings is 1. The van der Waals surface area contributed by atoms with Gasteiger partial charge in [-0.3, -0.25) is 9.59 Å². The van der Waals surface area contributed by atoms with Gasteiger partial charge in [-0.2, -0.15) is 0 Å². The summed E-state index contributed by atoms with van der Waals surface area (Å²) in [7, 11) is 1.22. The Hall–Kier alpha value is -2.71. The van der Waals surface area contributed by atoms with Crippen LogP contribution in [0.25, 0.3) is 6.08 Å². The number of esters is 1. The van der Waals surface area contributed by atoms with Crippen molar-refractivity contribution in [1.82, 2.24) is 4.90 Å². The normalized spacial score (nSPS) is 10.9. The maximum absolute atomic E-state index is 13.9. The minimum Gasteiger partial charge on any atom is -0.465 e. The van der Waals surface area contributed by atoms with Crippen LogP contribution in [0.1, 0.15) is 45.0 Å². The third-order valence-corrected chi connectivity index (χ3v) is 5.94. The SMILES string of the molecule is CCN(CC)C(=O)c1sc(NC(=O)C=Cc2c(F)cccc2Cl)c(C(=O)OC)c1C. The van der Waals surface area contributed by atoms with Crippen molar-refractivity contribution in [2.45, 2.75) is 20.8 Å². The molecule has 0 radical (unpaired) electrons. The van der Waals surface area contributed by atoms with E-state index >= 15 is 0 Å². The molecule has 0 aliphatic rings. The third-order valence-electron chi connectivity index (χ3n) is 4.42. The molecule has 160 valence electrons. The molecule has 30 heavy (non-hydrogen) atoms. The first kappa shape index (κ1) is 23.6. The number of thiophene rings is 1. The molecule has 0 aliphatic heterocycles. The predicted octanol–water partition coefficient (Wildman–Crippen LogP) is 4.77. The van der Waals surface area contributed by atoms with E-state index in [0.717, 1.165) is 17.4 Å². The van der Waals surface area contributed by atoms with E-state index < -0.39 is 17.7 Å². The van der Waals surface area contributed by atoms with Gasteiger partial charge in [0.25, 0.3) is 5.91 Å². The summed E-state index contributed by atoms with van der Waals surface area (Å²) >= 11 is 6.95. The molecule has 0 unspecified atom stereocenters. The van der Waals surface area contributed by atoms with Crippen molar-refractivity contribution < 1.29 is 23.5 Å². The van der Waals surface area contributed by atoms with Gasteiger partial charge in [-0.1, -0.05) is 17.7 Å². The zero-order valence-electron chi connectivity index (χ0n) is 17.0. The van der Waals surface area contributed by atoms with Crippen molar-refractivity contribution in [1.29, 1.82) is 0 Å². The lowest BCUT2D eigenvalue weighted by Gasteiger charge is -2.17. The fourth-order valence-corrected chi connectivity index (χ4v) is 4.18. The third kappa shape index (κ3) is 5.06. The van der Waals surface area contributed by atoms with Crippen LogP contribution < -0.4 is 5.32 Å². The van der Waals surface area contributed by atoms with Gasteiger partial charge in [-0.15, -0.1) is 11.3 Å². The maximum atomic E-state index is 13.9. The molecule has 9 heteroatoms. The molecule has 0 aliphatic carbocycles. The van der Waals surface area contributed by atoms with Gasteiger partial charge < -0.3 is 15.0 Å². The molecule has 1 N–H and O–H groups in total. The van der Waals surface area contributed by atoms with E-state index in [4.69, 9.17) is 16.3 Å². The first-order valence-corrected chi connectivity index (χ1v) is 10.4. The highest BCUT2D eigenvalue weighted by Gasteiger charge is 2.27. The number of hydrogen-bond donors (Lipinski definition) is 1. The molecule has 2 rings (SSSR count). The van der Waals surface area contributed by atoms with Gasteiger partial charge in [0, 0.05) is 24.7 Å². The number of methoxy groups -OCH3 is 1. The lowest BCUT2D eigenvalue weighted by molar-refractivity contribution is -0.111. The van der Waals surface area contributed by atoms with E-state index in [2.05, 4.69) is 5.32 Å².